The molecule has 4 heteroatoms. The minimum Gasteiger partial charge on any atom is -0.293 e. The maximum absolute atomic E-state index is 11.4. The van der Waals surface area contributed by atoms with Gasteiger partial charge in [-0.25, -0.2) is 0 Å². The van der Waals surface area contributed by atoms with E-state index in [0.29, 0.717) is 16.3 Å². The Labute approximate surface area is 100 Å². The number of halogens is 2. The van der Waals surface area contributed by atoms with E-state index in [4.69, 9.17) is 11.6 Å². The second-order valence-electron chi connectivity index (χ2n) is 2.49. The normalized spacial score (nSPS) is 10.1. The first-order chi connectivity index (χ1) is 6.15. The van der Waals surface area contributed by atoms with Crippen LogP contribution in [0.1, 0.15) is 10.4 Å². The smallest absolute Gasteiger partial charge is 0.172 e. The van der Waals surface area contributed by atoms with Crippen molar-refractivity contribution in [2.75, 3.05) is 12.0 Å². The molecule has 0 heterocycles. The molecule has 0 aliphatic rings. The molecule has 0 aliphatic heterocycles. The molecule has 0 spiro atoms. The van der Waals surface area contributed by atoms with Crippen LogP contribution in [0.15, 0.2) is 18.2 Å². The minimum absolute atomic E-state index is 0.130. The summed E-state index contributed by atoms with van der Waals surface area (Å²) in [5.74, 6) is 0.641. The summed E-state index contributed by atoms with van der Waals surface area (Å²) in [5, 5.41) is 0.646. The molecule has 70 valence electrons. The van der Waals surface area contributed by atoms with E-state index in [-0.39, 0.29) is 5.78 Å². The van der Waals surface area contributed by atoms with Gasteiger partial charge in [-0.05, 0) is 41.0 Å². The molecule has 0 bridgehead atoms. The average molecular weight is 327 g/mol. The van der Waals surface area contributed by atoms with Gasteiger partial charge in [0.15, 0.2) is 5.78 Å². The van der Waals surface area contributed by atoms with Crippen LogP contribution in [0.2, 0.25) is 5.02 Å². The van der Waals surface area contributed by atoms with Crippen LogP contribution < -0.4 is 0 Å². The minimum atomic E-state index is 0.130. The van der Waals surface area contributed by atoms with E-state index < -0.39 is 0 Å². The van der Waals surface area contributed by atoms with Crippen molar-refractivity contribution in [1.29, 1.82) is 0 Å². The molecule has 0 radical (unpaired) electrons. The molecular weight excluding hydrogens is 319 g/mol. The van der Waals surface area contributed by atoms with Gasteiger partial charge < -0.3 is 0 Å². The van der Waals surface area contributed by atoms with Crippen LogP contribution in [0.25, 0.3) is 0 Å². The van der Waals surface area contributed by atoms with Gasteiger partial charge in [-0.15, -0.1) is 0 Å². The topological polar surface area (TPSA) is 17.1 Å². The Morgan fingerprint density at radius 2 is 2.31 bits per heavy atom. The first-order valence-corrected chi connectivity index (χ1v) is 6.47. The highest BCUT2D eigenvalue weighted by Crippen LogP contribution is 2.20. The first-order valence-electron chi connectivity index (χ1n) is 3.62. The lowest BCUT2D eigenvalue weighted by Crippen LogP contribution is -2.01. The average Bonchev–Trinajstić information content (AvgIpc) is 2.10. The van der Waals surface area contributed by atoms with Gasteiger partial charge in [0.05, 0.1) is 10.8 Å². The molecule has 1 aromatic carbocycles. The van der Waals surface area contributed by atoms with Gasteiger partial charge in [0.25, 0.3) is 0 Å². The van der Waals surface area contributed by atoms with E-state index in [1.165, 1.54) is 11.8 Å². The molecule has 0 N–H and O–H groups in total. The molecule has 0 saturated heterocycles. The fraction of sp³-hybridized carbons (Fsp3) is 0.222. The van der Waals surface area contributed by atoms with Crippen molar-refractivity contribution in [3.8, 4) is 0 Å². The second kappa shape index (κ2) is 5.22. The molecule has 1 nitrogen and oxygen atoms in total. The number of carbonyl (C=O) groups excluding carboxylic acids is 1. The number of rotatable bonds is 3. The van der Waals surface area contributed by atoms with Crippen LogP contribution in [0.4, 0.5) is 0 Å². The van der Waals surface area contributed by atoms with Crippen molar-refractivity contribution in [1.82, 2.24) is 0 Å². The Bertz CT molecular complexity index is 327. The van der Waals surface area contributed by atoms with E-state index in [0.717, 1.165) is 3.57 Å². The fourth-order valence-corrected chi connectivity index (χ4v) is 1.83. The zero-order valence-electron chi connectivity index (χ0n) is 7.01. The van der Waals surface area contributed by atoms with Crippen molar-refractivity contribution in [3.05, 3.63) is 32.4 Å². The standard InChI is InChI=1S/C9H8ClIOS/c1-13-5-9(12)6-2-3-8(11)7(10)4-6/h2-4H,5H2,1H3. The van der Waals surface area contributed by atoms with Crippen molar-refractivity contribution in [3.63, 3.8) is 0 Å². The van der Waals surface area contributed by atoms with Gasteiger partial charge in [0, 0.05) is 9.13 Å². The highest BCUT2D eigenvalue weighted by Gasteiger charge is 2.06. The van der Waals surface area contributed by atoms with Gasteiger partial charge in [-0.1, -0.05) is 17.7 Å². The molecule has 0 unspecified atom stereocenters. The van der Waals surface area contributed by atoms with Gasteiger partial charge in [0.2, 0.25) is 0 Å². The Morgan fingerprint density at radius 1 is 1.62 bits per heavy atom. The van der Waals surface area contributed by atoms with Gasteiger partial charge in [0.1, 0.15) is 0 Å². The Kier molecular flexibility index (Phi) is 4.55. The number of benzene rings is 1. The number of thioether (sulfide) groups is 1. The zero-order chi connectivity index (χ0) is 9.84. The van der Waals surface area contributed by atoms with Crippen molar-refractivity contribution in [2.45, 2.75) is 0 Å². The number of Topliss-reactive ketones (excluding diaryl/α,β-unsaturated/α-hetero) is 1. The van der Waals surface area contributed by atoms with E-state index >= 15 is 0 Å². The van der Waals surface area contributed by atoms with Crippen molar-refractivity contribution in [2.24, 2.45) is 0 Å². The van der Waals surface area contributed by atoms with E-state index in [9.17, 15) is 4.79 Å². The predicted molar refractivity (Wildman–Crippen MR) is 66.9 cm³/mol. The fourth-order valence-electron chi connectivity index (χ4n) is 0.884. The third kappa shape index (κ3) is 3.14. The van der Waals surface area contributed by atoms with Crippen LogP contribution in [0.5, 0.6) is 0 Å². The van der Waals surface area contributed by atoms with Crippen LogP contribution in [0.3, 0.4) is 0 Å². The summed E-state index contributed by atoms with van der Waals surface area (Å²) >= 11 is 9.55. The lowest BCUT2D eigenvalue weighted by molar-refractivity contribution is 0.102. The van der Waals surface area contributed by atoms with Crippen LogP contribution in [-0.4, -0.2) is 17.8 Å². The van der Waals surface area contributed by atoms with E-state index in [2.05, 4.69) is 22.6 Å². The summed E-state index contributed by atoms with van der Waals surface area (Å²) < 4.78 is 0.972. The summed E-state index contributed by atoms with van der Waals surface area (Å²) in [6.45, 7) is 0. The summed E-state index contributed by atoms with van der Waals surface area (Å²) in [6, 6.07) is 5.39. The predicted octanol–water partition coefficient (Wildman–Crippen LogP) is 3.49. The summed E-state index contributed by atoms with van der Waals surface area (Å²) in [4.78, 5) is 11.4. The Morgan fingerprint density at radius 3 is 2.85 bits per heavy atom. The summed E-state index contributed by atoms with van der Waals surface area (Å²) in [6.07, 6.45) is 1.91. The maximum Gasteiger partial charge on any atom is 0.172 e. The third-order valence-electron chi connectivity index (χ3n) is 1.52. The summed E-state index contributed by atoms with van der Waals surface area (Å²) in [5.41, 5.74) is 0.694. The lowest BCUT2D eigenvalue weighted by atomic mass is 10.1. The Hall–Kier alpha value is 0.260. The maximum atomic E-state index is 11.4. The number of ketones is 1. The van der Waals surface area contributed by atoms with Crippen LogP contribution in [-0.2, 0) is 0 Å². The molecule has 0 aliphatic carbocycles. The quantitative estimate of drug-likeness (QED) is 0.625. The van der Waals surface area contributed by atoms with Crippen LogP contribution in [0, 0.1) is 3.57 Å². The third-order valence-corrected chi connectivity index (χ3v) is 3.64. The highest BCUT2D eigenvalue weighted by molar-refractivity contribution is 14.1. The van der Waals surface area contributed by atoms with E-state index in [1.54, 1.807) is 6.07 Å². The molecule has 13 heavy (non-hydrogen) atoms. The molecule has 0 atom stereocenters. The summed E-state index contributed by atoms with van der Waals surface area (Å²) in [7, 11) is 0. The van der Waals surface area contributed by atoms with Gasteiger partial charge in [-0.3, -0.25) is 4.79 Å². The van der Waals surface area contributed by atoms with Crippen molar-refractivity contribution >= 4 is 51.7 Å². The molecule has 0 aromatic heterocycles. The number of hydrogen-bond donors (Lipinski definition) is 0. The SMILES string of the molecule is CSCC(=O)c1ccc(I)c(Cl)c1. The zero-order valence-corrected chi connectivity index (χ0v) is 10.7. The monoisotopic (exact) mass is 326 g/mol. The van der Waals surface area contributed by atoms with Crippen molar-refractivity contribution < 1.29 is 4.79 Å². The van der Waals surface area contributed by atoms with Gasteiger partial charge in [-0.2, -0.15) is 11.8 Å². The number of hydrogen-bond acceptors (Lipinski definition) is 2. The first kappa shape index (κ1) is 11.3. The number of carbonyl (C=O) groups is 1. The molecule has 0 saturated carbocycles. The molecule has 1 aromatic rings. The van der Waals surface area contributed by atoms with Gasteiger partial charge >= 0.3 is 0 Å². The molecule has 0 amide bonds. The Balaban J connectivity index is 2.90. The molecular formula is C9H8ClIOS. The largest absolute Gasteiger partial charge is 0.293 e. The van der Waals surface area contributed by atoms with Crippen LogP contribution >= 0.6 is 46.0 Å². The highest BCUT2D eigenvalue weighted by atomic mass is 127. The lowest BCUT2D eigenvalue weighted by Gasteiger charge is -2.00. The van der Waals surface area contributed by atoms with E-state index in [1.807, 2.05) is 18.4 Å². The molecule has 0 fully saturated rings. The second-order valence-corrected chi connectivity index (χ2v) is 4.92. The molecule has 1 rings (SSSR count).